The van der Waals surface area contributed by atoms with E-state index in [1.807, 2.05) is 37.3 Å². The summed E-state index contributed by atoms with van der Waals surface area (Å²) in [6.45, 7) is 2.49. The van der Waals surface area contributed by atoms with Crippen LogP contribution in [0.25, 0.3) is 0 Å². The predicted molar refractivity (Wildman–Crippen MR) is 97.2 cm³/mol. The minimum absolute atomic E-state index is 0.0524. The maximum Gasteiger partial charge on any atom is 0.262 e. The van der Waals surface area contributed by atoms with Gasteiger partial charge in [0.15, 0.2) is 0 Å². The lowest BCUT2D eigenvalue weighted by atomic mass is 10.0. The topological polar surface area (TPSA) is 67.4 Å². The fraction of sp³-hybridized carbons (Fsp3) is 0.368. The zero-order valence-corrected chi connectivity index (χ0v) is 14.8. The first-order valence-electron chi connectivity index (χ1n) is 8.55. The molecule has 2 aliphatic rings. The number of fused-ring (bicyclic) bond motifs is 1. The second-order valence-corrected chi connectivity index (χ2v) is 7.64. The van der Waals surface area contributed by atoms with Crippen LogP contribution < -0.4 is 15.4 Å². The molecule has 1 fully saturated rings. The van der Waals surface area contributed by atoms with E-state index in [0.717, 1.165) is 41.1 Å². The fourth-order valence-electron chi connectivity index (χ4n) is 3.05. The van der Waals surface area contributed by atoms with Gasteiger partial charge in [0, 0.05) is 17.9 Å². The average molecular weight is 356 g/mol. The Bertz CT molecular complexity index is 826. The van der Waals surface area contributed by atoms with Gasteiger partial charge in [-0.3, -0.25) is 9.59 Å². The number of carbonyl (C=O) groups is 2. The van der Waals surface area contributed by atoms with Crippen LogP contribution in [0.1, 0.15) is 46.1 Å². The number of hydrogen-bond donors (Lipinski definition) is 2. The summed E-state index contributed by atoms with van der Waals surface area (Å²) in [7, 11) is 0. The highest BCUT2D eigenvalue weighted by Gasteiger charge is 2.30. The summed E-state index contributed by atoms with van der Waals surface area (Å²) in [6.07, 6.45) is 2.68. The number of nitrogens with one attached hydrogen (secondary N) is 2. The van der Waals surface area contributed by atoms with Crippen molar-refractivity contribution < 1.29 is 14.3 Å². The average Bonchev–Trinajstić information content (AvgIpc) is 3.39. The molecule has 6 heteroatoms. The quantitative estimate of drug-likeness (QED) is 0.878. The summed E-state index contributed by atoms with van der Waals surface area (Å²) in [6, 6.07) is 9.62. The van der Waals surface area contributed by atoms with Crippen molar-refractivity contribution in [2.45, 2.75) is 32.2 Å². The number of amides is 2. The van der Waals surface area contributed by atoms with Crippen molar-refractivity contribution in [2.75, 3.05) is 11.9 Å². The largest absolute Gasteiger partial charge is 0.493 e. The minimum Gasteiger partial charge on any atom is -0.493 e. The molecule has 130 valence electrons. The van der Waals surface area contributed by atoms with Crippen molar-refractivity contribution in [1.82, 2.24) is 5.32 Å². The fourth-order valence-corrected chi connectivity index (χ4v) is 4.03. The van der Waals surface area contributed by atoms with E-state index in [9.17, 15) is 9.59 Å². The van der Waals surface area contributed by atoms with Crippen LogP contribution in [0, 0.1) is 12.8 Å². The summed E-state index contributed by atoms with van der Waals surface area (Å²) in [5, 5.41) is 6.77. The highest BCUT2D eigenvalue weighted by molar-refractivity contribution is 7.18. The van der Waals surface area contributed by atoms with Gasteiger partial charge in [-0.1, -0.05) is 18.2 Å². The Hall–Kier alpha value is -2.34. The molecule has 2 N–H and O–H groups in total. The van der Waals surface area contributed by atoms with Crippen molar-refractivity contribution in [3.05, 3.63) is 46.3 Å². The van der Waals surface area contributed by atoms with Gasteiger partial charge >= 0.3 is 0 Å². The summed E-state index contributed by atoms with van der Waals surface area (Å²) in [5.74, 6) is 0.945. The van der Waals surface area contributed by atoms with Crippen molar-refractivity contribution in [3.63, 3.8) is 0 Å². The first kappa shape index (κ1) is 16.1. The zero-order valence-electron chi connectivity index (χ0n) is 14.0. The Balaban J connectivity index is 1.48. The van der Waals surface area contributed by atoms with Crippen LogP contribution in [0.15, 0.2) is 30.3 Å². The van der Waals surface area contributed by atoms with Gasteiger partial charge in [0.1, 0.15) is 5.75 Å². The lowest BCUT2D eigenvalue weighted by molar-refractivity contribution is -0.117. The Morgan fingerprint density at radius 2 is 2.00 bits per heavy atom. The number of rotatable bonds is 4. The number of hydrogen-bond acceptors (Lipinski definition) is 4. The van der Waals surface area contributed by atoms with Gasteiger partial charge in [0.2, 0.25) is 5.91 Å². The minimum atomic E-state index is -0.101. The smallest absolute Gasteiger partial charge is 0.262 e. The molecule has 25 heavy (non-hydrogen) atoms. The SMILES string of the molecule is Cc1cc(NC(=O)C2CC2)sc1C(=O)N[C@H]1CCOc2ccccc21. The number of benzene rings is 1. The predicted octanol–water partition coefficient (Wildman–Crippen LogP) is 3.66. The van der Waals surface area contributed by atoms with Crippen molar-refractivity contribution >= 4 is 28.2 Å². The van der Waals surface area contributed by atoms with E-state index < -0.39 is 0 Å². The van der Waals surface area contributed by atoms with Gasteiger partial charge < -0.3 is 15.4 Å². The molecule has 1 aliphatic carbocycles. The summed E-state index contributed by atoms with van der Waals surface area (Å²) in [5.41, 5.74) is 1.90. The second-order valence-electron chi connectivity index (χ2n) is 6.59. The number of carbonyl (C=O) groups excluding carboxylic acids is 2. The van der Waals surface area contributed by atoms with Gasteiger partial charge in [-0.15, -0.1) is 11.3 Å². The van der Waals surface area contributed by atoms with E-state index >= 15 is 0 Å². The molecule has 1 aromatic carbocycles. The van der Waals surface area contributed by atoms with Crippen LogP contribution in [-0.2, 0) is 4.79 Å². The molecule has 2 heterocycles. The Labute approximate surface area is 150 Å². The molecule has 0 radical (unpaired) electrons. The summed E-state index contributed by atoms with van der Waals surface area (Å²) < 4.78 is 5.64. The molecule has 1 aliphatic heterocycles. The van der Waals surface area contributed by atoms with E-state index in [1.165, 1.54) is 11.3 Å². The second kappa shape index (κ2) is 6.52. The maximum atomic E-state index is 12.7. The van der Waals surface area contributed by atoms with E-state index in [-0.39, 0.29) is 23.8 Å². The third-order valence-corrected chi connectivity index (χ3v) is 5.73. The molecule has 0 saturated heterocycles. The highest BCUT2D eigenvalue weighted by atomic mass is 32.1. The monoisotopic (exact) mass is 356 g/mol. The normalized spacial score (nSPS) is 18.8. The van der Waals surface area contributed by atoms with Gasteiger partial charge in [0.05, 0.1) is 22.5 Å². The van der Waals surface area contributed by atoms with Crippen LogP contribution in [-0.4, -0.2) is 18.4 Å². The van der Waals surface area contributed by atoms with Crippen LogP contribution in [0.5, 0.6) is 5.75 Å². The van der Waals surface area contributed by atoms with Gasteiger partial charge in [-0.05, 0) is 37.5 Å². The number of anilines is 1. The molecule has 5 nitrogen and oxygen atoms in total. The number of thiophene rings is 1. The maximum absolute atomic E-state index is 12.7. The van der Waals surface area contributed by atoms with E-state index in [4.69, 9.17) is 4.74 Å². The van der Waals surface area contributed by atoms with Crippen molar-refractivity contribution in [2.24, 2.45) is 5.92 Å². The Morgan fingerprint density at radius 3 is 2.80 bits per heavy atom. The third kappa shape index (κ3) is 3.39. The molecule has 0 spiro atoms. The van der Waals surface area contributed by atoms with Crippen LogP contribution in [0.3, 0.4) is 0 Å². The number of aryl methyl sites for hydroxylation is 1. The first-order chi connectivity index (χ1) is 12.1. The molecule has 4 rings (SSSR count). The lowest BCUT2D eigenvalue weighted by Gasteiger charge is -2.26. The van der Waals surface area contributed by atoms with E-state index in [2.05, 4.69) is 10.6 Å². The summed E-state index contributed by atoms with van der Waals surface area (Å²) >= 11 is 1.34. The number of para-hydroxylation sites is 1. The van der Waals surface area contributed by atoms with E-state index in [0.29, 0.717) is 11.5 Å². The van der Waals surface area contributed by atoms with Crippen LogP contribution in [0.4, 0.5) is 5.00 Å². The standard InChI is InChI=1S/C19H20N2O3S/c1-11-10-16(21-18(22)12-6-7-12)25-17(11)19(23)20-14-8-9-24-15-5-3-2-4-13(14)15/h2-5,10,12,14H,6-9H2,1H3,(H,20,23)(H,21,22)/t14-/m0/s1. The van der Waals surface area contributed by atoms with E-state index in [1.54, 1.807) is 0 Å². The Kier molecular flexibility index (Phi) is 4.21. The molecule has 1 saturated carbocycles. The molecular formula is C19H20N2O3S. The molecular weight excluding hydrogens is 336 g/mol. The van der Waals surface area contributed by atoms with Gasteiger partial charge in [-0.25, -0.2) is 0 Å². The van der Waals surface area contributed by atoms with Crippen molar-refractivity contribution in [3.8, 4) is 5.75 Å². The molecule has 2 aromatic rings. The zero-order chi connectivity index (χ0) is 17.4. The van der Waals surface area contributed by atoms with Gasteiger partial charge in [0.25, 0.3) is 5.91 Å². The Morgan fingerprint density at radius 1 is 1.20 bits per heavy atom. The molecule has 1 atom stereocenters. The number of ether oxygens (including phenoxy) is 1. The van der Waals surface area contributed by atoms with Crippen molar-refractivity contribution in [1.29, 1.82) is 0 Å². The third-order valence-electron chi connectivity index (χ3n) is 4.58. The highest BCUT2D eigenvalue weighted by Crippen LogP contribution is 2.34. The van der Waals surface area contributed by atoms with Crippen LogP contribution >= 0.6 is 11.3 Å². The first-order valence-corrected chi connectivity index (χ1v) is 9.37. The molecule has 0 bridgehead atoms. The van der Waals surface area contributed by atoms with Crippen LogP contribution in [0.2, 0.25) is 0 Å². The molecule has 2 amide bonds. The van der Waals surface area contributed by atoms with Gasteiger partial charge in [-0.2, -0.15) is 0 Å². The summed E-state index contributed by atoms with van der Waals surface area (Å²) in [4.78, 5) is 25.3. The molecule has 0 unspecified atom stereocenters. The lowest BCUT2D eigenvalue weighted by Crippen LogP contribution is -2.32. The molecule has 1 aromatic heterocycles.